The number of nitrogens with one attached hydrogen (secondary N) is 2. The van der Waals surface area contributed by atoms with Crippen molar-refractivity contribution in [2.24, 2.45) is 0 Å². The van der Waals surface area contributed by atoms with Crippen LogP contribution in [0.1, 0.15) is 18.9 Å². The molecule has 118 valence electrons. The van der Waals surface area contributed by atoms with Crippen LogP contribution in [0.25, 0.3) is 0 Å². The molecule has 4 nitrogen and oxygen atoms in total. The second kappa shape index (κ2) is 7.26. The summed E-state index contributed by atoms with van der Waals surface area (Å²) < 4.78 is 38.7. The van der Waals surface area contributed by atoms with E-state index < -0.39 is 10.0 Å². The maximum Gasteiger partial charge on any atom is 0.232 e. The molecule has 0 saturated carbocycles. The first-order valence-corrected chi connectivity index (χ1v) is 8.72. The SMILES string of the molecule is CCCS(=O)(=O)Nc1ccc(NCc2ccc(F)cc2)cc1. The quantitative estimate of drug-likeness (QED) is 0.819. The third-order valence-electron chi connectivity index (χ3n) is 3.04. The fourth-order valence-corrected chi connectivity index (χ4v) is 3.10. The van der Waals surface area contributed by atoms with Crippen molar-refractivity contribution < 1.29 is 12.8 Å². The Morgan fingerprint density at radius 1 is 0.955 bits per heavy atom. The molecule has 0 bridgehead atoms. The van der Waals surface area contributed by atoms with Gasteiger partial charge in [0.1, 0.15) is 5.82 Å². The van der Waals surface area contributed by atoms with Crippen LogP contribution >= 0.6 is 0 Å². The highest BCUT2D eigenvalue weighted by molar-refractivity contribution is 7.92. The van der Waals surface area contributed by atoms with E-state index in [4.69, 9.17) is 0 Å². The van der Waals surface area contributed by atoms with Gasteiger partial charge >= 0.3 is 0 Å². The van der Waals surface area contributed by atoms with Gasteiger partial charge in [-0.15, -0.1) is 0 Å². The second-order valence-electron chi connectivity index (χ2n) is 4.98. The van der Waals surface area contributed by atoms with Gasteiger partial charge in [0.05, 0.1) is 5.75 Å². The van der Waals surface area contributed by atoms with Gasteiger partial charge in [-0.1, -0.05) is 19.1 Å². The van der Waals surface area contributed by atoms with E-state index in [1.807, 2.05) is 6.92 Å². The molecule has 0 fully saturated rings. The average molecular weight is 322 g/mol. The first kappa shape index (κ1) is 16.3. The molecular formula is C16H19FN2O2S. The predicted octanol–water partition coefficient (Wildman–Crippen LogP) is 3.59. The third kappa shape index (κ3) is 5.04. The molecule has 0 aliphatic heterocycles. The van der Waals surface area contributed by atoms with Crippen LogP contribution in [-0.4, -0.2) is 14.2 Å². The summed E-state index contributed by atoms with van der Waals surface area (Å²) in [5, 5.41) is 3.20. The summed E-state index contributed by atoms with van der Waals surface area (Å²) in [5.74, 6) is -0.148. The molecule has 2 N–H and O–H groups in total. The smallest absolute Gasteiger partial charge is 0.232 e. The summed E-state index contributed by atoms with van der Waals surface area (Å²) in [6.45, 7) is 2.39. The molecule has 2 aromatic carbocycles. The van der Waals surface area contributed by atoms with Gasteiger partial charge < -0.3 is 5.32 Å². The third-order valence-corrected chi connectivity index (χ3v) is 4.53. The summed E-state index contributed by atoms with van der Waals surface area (Å²) in [7, 11) is -3.26. The largest absolute Gasteiger partial charge is 0.381 e. The Bertz CT molecular complexity index is 698. The van der Waals surface area contributed by atoms with Crippen molar-refractivity contribution in [1.29, 1.82) is 0 Å². The molecule has 2 rings (SSSR count). The van der Waals surface area contributed by atoms with Crippen molar-refractivity contribution in [2.45, 2.75) is 19.9 Å². The molecule has 0 atom stereocenters. The lowest BCUT2D eigenvalue weighted by atomic mass is 10.2. The molecule has 0 heterocycles. The van der Waals surface area contributed by atoms with E-state index in [1.54, 1.807) is 36.4 Å². The molecule has 0 unspecified atom stereocenters. The Labute approximate surface area is 130 Å². The van der Waals surface area contributed by atoms with Crippen LogP contribution in [0.2, 0.25) is 0 Å². The molecule has 0 radical (unpaired) electrons. The molecule has 0 spiro atoms. The topological polar surface area (TPSA) is 58.2 Å². The molecule has 22 heavy (non-hydrogen) atoms. The van der Waals surface area contributed by atoms with Gasteiger partial charge in [0, 0.05) is 17.9 Å². The number of anilines is 2. The van der Waals surface area contributed by atoms with E-state index in [1.165, 1.54) is 12.1 Å². The zero-order valence-electron chi connectivity index (χ0n) is 12.3. The monoisotopic (exact) mass is 322 g/mol. The molecule has 0 aliphatic carbocycles. The molecule has 0 aromatic heterocycles. The van der Waals surface area contributed by atoms with Crippen molar-refractivity contribution in [2.75, 3.05) is 15.8 Å². The van der Waals surface area contributed by atoms with E-state index in [0.29, 0.717) is 18.7 Å². The zero-order chi connectivity index (χ0) is 16.0. The van der Waals surface area contributed by atoms with Gasteiger partial charge in [-0.05, 0) is 48.4 Å². The fraction of sp³-hybridized carbons (Fsp3) is 0.250. The lowest BCUT2D eigenvalue weighted by Gasteiger charge is -2.09. The summed E-state index contributed by atoms with van der Waals surface area (Å²) >= 11 is 0. The Kier molecular flexibility index (Phi) is 5.38. The van der Waals surface area contributed by atoms with Crippen LogP contribution in [-0.2, 0) is 16.6 Å². The number of benzene rings is 2. The van der Waals surface area contributed by atoms with Crippen LogP contribution < -0.4 is 10.0 Å². The van der Waals surface area contributed by atoms with Crippen molar-refractivity contribution in [1.82, 2.24) is 0 Å². The molecule has 0 amide bonds. The van der Waals surface area contributed by atoms with Gasteiger partial charge in [-0.25, -0.2) is 12.8 Å². The predicted molar refractivity (Wildman–Crippen MR) is 87.9 cm³/mol. The van der Waals surface area contributed by atoms with Crippen LogP contribution in [0.3, 0.4) is 0 Å². The summed E-state index contributed by atoms with van der Waals surface area (Å²) in [5.41, 5.74) is 2.37. The van der Waals surface area contributed by atoms with Crippen LogP contribution in [0.15, 0.2) is 48.5 Å². The van der Waals surface area contributed by atoms with Crippen molar-refractivity contribution in [3.05, 3.63) is 59.9 Å². The summed E-state index contributed by atoms with van der Waals surface area (Å²) in [6.07, 6.45) is 0.576. The van der Waals surface area contributed by atoms with Crippen molar-refractivity contribution in [3.8, 4) is 0 Å². The number of hydrogen-bond acceptors (Lipinski definition) is 3. The minimum Gasteiger partial charge on any atom is -0.381 e. The Balaban J connectivity index is 1.93. The van der Waals surface area contributed by atoms with E-state index in [2.05, 4.69) is 10.0 Å². The van der Waals surface area contributed by atoms with Crippen LogP contribution in [0.4, 0.5) is 15.8 Å². The lowest BCUT2D eigenvalue weighted by molar-refractivity contribution is 0.600. The van der Waals surface area contributed by atoms with Gasteiger partial charge in [-0.3, -0.25) is 4.72 Å². The van der Waals surface area contributed by atoms with Crippen LogP contribution in [0, 0.1) is 5.82 Å². The second-order valence-corrected chi connectivity index (χ2v) is 6.82. The molecule has 0 aliphatic rings. The average Bonchev–Trinajstić information content (AvgIpc) is 2.48. The van der Waals surface area contributed by atoms with Crippen molar-refractivity contribution >= 4 is 21.4 Å². The fourth-order valence-electron chi connectivity index (χ4n) is 1.96. The summed E-state index contributed by atoms with van der Waals surface area (Å²) in [6, 6.07) is 13.3. The number of sulfonamides is 1. The normalized spacial score (nSPS) is 11.2. The maximum absolute atomic E-state index is 12.8. The Morgan fingerprint density at radius 2 is 1.55 bits per heavy atom. The van der Waals surface area contributed by atoms with E-state index in [9.17, 15) is 12.8 Å². The van der Waals surface area contributed by atoms with Gasteiger partial charge in [0.25, 0.3) is 0 Å². The first-order valence-electron chi connectivity index (χ1n) is 7.07. The minimum absolute atomic E-state index is 0.109. The van der Waals surface area contributed by atoms with E-state index in [0.717, 1.165) is 11.3 Å². The molecular weight excluding hydrogens is 303 g/mol. The van der Waals surface area contributed by atoms with Gasteiger partial charge in [0.15, 0.2) is 0 Å². The van der Waals surface area contributed by atoms with Gasteiger partial charge in [0.2, 0.25) is 10.0 Å². The van der Waals surface area contributed by atoms with Gasteiger partial charge in [-0.2, -0.15) is 0 Å². The highest BCUT2D eigenvalue weighted by atomic mass is 32.2. The molecule has 2 aromatic rings. The Hall–Kier alpha value is -2.08. The summed E-state index contributed by atoms with van der Waals surface area (Å²) in [4.78, 5) is 0. The molecule has 0 saturated heterocycles. The first-order chi connectivity index (χ1) is 10.5. The standard InChI is InChI=1S/C16H19FN2O2S/c1-2-11-22(20,21)19-16-9-7-15(8-10-16)18-12-13-3-5-14(17)6-4-13/h3-10,18-19H,2,11-12H2,1H3. The number of hydrogen-bond donors (Lipinski definition) is 2. The number of halogens is 1. The van der Waals surface area contributed by atoms with Crippen molar-refractivity contribution in [3.63, 3.8) is 0 Å². The maximum atomic E-state index is 12.8. The highest BCUT2D eigenvalue weighted by Crippen LogP contribution is 2.16. The highest BCUT2D eigenvalue weighted by Gasteiger charge is 2.08. The van der Waals surface area contributed by atoms with E-state index >= 15 is 0 Å². The minimum atomic E-state index is -3.26. The number of rotatable bonds is 7. The van der Waals surface area contributed by atoms with E-state index in [-0.39, 0.29) is 11.6 Å². The molecule has 6 heteroatoms. The van der Waals surface area contributed by atoms with Crippen LogP contribution in [0.5, 0.6) is 0 Å². The Morgan fingerprint density at radius 3 is 2.14 bits per heavy atom. The lowest BCUT2D eigenvalue weighted by Crippen LogP contribution is -2.15. The zero-order valence-corrected chi connectivity index (χ0v) is 13.2.